The van der Waals surface area contributed by atoms with Crippen molar-refractivity contribution in [2.45, 2.75) is 19.8 Å². The fraction of sp³-hybridized carbons (Fsp3) is 0.308. The summed E-state index contributed by atoms with van der Waals surface area (Å²) in [4.78, 5) is 4.32. The van der Waals surface area contributed by atoms with Crippen molar-refractivity contribution in [3.05, 3.63) is 42.4 Å². The summed E-state index contributed by atoms with van der Waals surface area (Å²) in [6.45, 7) is 4.41. The van der Waals surface area contributed by atoms with Crippen molar-refractivity contribution in [2.75, 3.05) is 0 Å². The quantitative estimate of drug-likeness (QED) is 0.727. The van der Waals surface area contributed by atoms with Gasteiger partial charge in [-0.3, -0.25) is 0 Å². The fourth-order valence-electron chi connectivity index (χ4n) is 1.60. The summed E-state index contributed by atoms with van der Waals surface area (Å²) in [6.07, 6.45) is 3.86. The molecule has 0 atom stereocenters. The van der Waals surface area contributed by atoms with Gasteiger partial charge in [-0.2, -0.15) is 0 Å². The lowest BCUT2D eigenvalue weighted by Crippen LogP contribution is -1.86. The topological polar surface area (TPSA) is 17.8 Å². The number of hydrogen-bond acceptors (Lipinski definition) is 1. The van der Waals surface area contributed by atoms with Gasteiger partial charge in [-0.1, -0.05) is 38.1 Å². The van der Waals surface area contributed by atoms with Crippen LogP contribution in [-0.4, -0.2) is 9.55 Å². The summed E-state index contributed by atoms with van der Waals surface area (Å²) in [5.74, 6) is 0.586. The Morgan fingerprint density at radius 3 is 2.27 bits per heavy atom. The molecule has 2 aromatic rings. The van der Waals surface area contributed by atoms with Gasteiger partial charge < -0.3 is 4.57 Å². The van der Waals surface area contributed by atoms with Crippen molar-refractivity contribution in [2.24, 2.45) is 7.05 Å². The molecule has 1 heterocycles. The maximum Gasteiger partial charge on any atom is 0.0951 e. The monoisotopic (exact) mass is 200 g/mol. The summed E-state index contributed by atoms with van der Waals surface area (Å²) < 4.78 is 1.96. The molecule has 2 nitrogen and oxygen atoms in total. The molecule has 78 valence electrons. The predicted molar refractivity (Wildman–Crippen MR) is 62.7 cm³/mol. The summed E-state index contributed by atoms with van der Waals surface area (Å²) in [6, 6.07) is 8.62. The molecule has 0 fully saturated rings. The summed E-state index contributed by atoms with van der Waals surface area (Å²) in [5, 5.41) is 0. The van der Waals surface area contributed by atoms with E-state index in [1.54, 1.807) is 0 Å². The zero-order valence-corrected chi connectivity index (χ0v) is 9.44. The Hall–Kier alpha value is -1.57. The van der Waals surface area contributed by atoms with Crippen LogP contribution in [0.15, 0.2) is 36.8 Å². The molecule has 0 saturated carbocycles. The molecule has 0 bridgehead atoms. The Labute approximate surface area is 90.6 Å². The van der Waals surface area contributed by atoms with Crippen molar-refractivity contribution >= 4 is 0 Å². The van der Waals surface area contributed by atoms with Crippen LogP contribution in [0.5, 0.6) is 0 Å². The maximum absolute atomic E-state index is 4.32. The molecular weight excluding hydrogens is 184 g/mol. The molecule has 0 saturated heterocycles. The van der Waals surface area contributed by atoms with E-state index in [-0.39, 0.29) is 0 Å². The van der Waals surface area contributed by atoms with Gasteiger partial charge in [-0.05, 0) is 11.5 Å². The average molecular weight is 200 g/mol. The van der Waals surface area contributed by atoms with Gasteiger partial charge in [-0.25, -0.2) is 4.98 Å². The number of aromatic nitrogens is 2. The van der Waals surface area contributed by atoms with Crippen molar-refractivity contribution < 1.29 is 0 Å². The van der Waals surface area contributed by atoms with E-state index in [1.165, 1.54) is 11.1 Å². The summed E-state index contributed by atoms with van der Waals surface area (Å²) >= 11 is 0. The lowest BCUT2D eigenvalue weighted by Gasteiger charge is -2.05. The first-order valence-electron chi connectivity index (χ1n) is 5.25. The highest BCUT2D eigenvalue weighted by Gasteiger charge is 2.02. The highest BCUT2D eigenvalue weighted by Crippen LogP contribution is 2.20. The van der Waals surface area contributed by atoms with Crippen molar-refractivity contribution in [3.8, 4) is 11.3 Å². The van der Waals surface area contributed by atoms with Gasteiger partial charge in [0.25, 0.3) is 0 Å². The lowest BCUT2D eigenvalue weighted by atomic mass is 10.0. The van der Waals surface area contributed by atoms with Crippen molar-refractivity contribution in [1.82, 2.24) is 9.55 Å². The number of nitrogens with zero attached hydrogens (tertiary/aromatic N) is 2. The van der Waals surface area contributed by atoms with Crippen LogP contribution >= 0.6 is 0 Å². The Bertz CT molecular complexity index is 438. The Balaban J connectivity index is 2.31. The zero-order chi connectivity index (χ0) is 10.8. The minimum absolute atomic E-state index is 0.586. The Morgan fingerprint density at radius 2 is 1.80 bits per heavy atom. The van der Waals surface area contributed by atoms with Crippen LogP contribution in [0.3, 0.4) is 0 Å². The van der Waals surface area contributed by atoms with Gasteiger partial charge in [-0.15, -0.1) is 0 Å². The molecule has 0 spiro atoms. The predicted octanol–water partition coefficient (Wildman–Crippen LogP) is 3.21. The van der Waals surface area contributed by atoms with Crippen LogP contribution in [-0.2, 0) is 7.05 Å². The second kappa shape index (κ2) is 3.89. The highest BCUT2D eigenvalue weighted by molar-refractivity contribution is 5.58. The molecule has 2 heteroatoms. The first kappa shape index (κ1) is 9.97. The first-order valence-corrected chi connectivity index (χ1v) is 5.25. The smallest absolute Gasteiger partial charge is 0.0951 e. The molecule has 1 aromatic heterocycles. The molecule has 0 unspecified atom stereocenters. The first-order chi connectivity index (χ1) is 7.16. The number of imidazole rings is 1. The number of rotatable bonds is 2. The largest absolute Gasteiger partial charge is 0.340 e. The van der Waals surface area contributed by atoms with Gasteiger partial charge in [0, 0.05) is 18.8 Å². The number of benzene rings is 1. The standard InChI is InChI=1S/C13H16N2/c1-10(2)11-4-6-12(7-5-11)13-8-15(3)9-14-13/h4-10H,1-3H3. The highest BCUT2D eigenvalue weighted by atomic mass is 15.0. The molecule has 0 radical (unpaired) electrons. The fourth-order valence-corrected chi connectivity index (χ4v) is 1.60. The van der Waals surface area contributed by atoms with Crippen LogP contribution in [0.1, 0.15) is 25.3 Å². The average Bonchev–Trinajstić information content (AvgIpc) is 2.65. The minimum Gasteiger partial charge on any atom is -0.340 e. The molecule has 1 aromatic carbocycles. The maximum atomic E-state index is 4.32. The van der Waals surface area contributed by atoms with Crippen LogP contribution in [0.2, 0.25) is 0 Å². The number of hydrogen-bond donors (Lipinski definition) is 0. The van der Waals surface area contributed by atoms with E-state index >= 15 is 0 Å². The van der Waals surface area contributed by atoms with E-state index in [4.69, 9.17) is 0 Å². The zero-order valence-electron chi connectivity index (χ0n) is 9.44. The van der Waals surface area contributed by atoms with E-state index in [0.717, 1.165) is 5.69 Å². The van der Waals surface area contributed by atoms with E-state index in [9.17, 15) is 0 Å². The summed E-state index contributed by atoms with van der Waals surface area (Å²) in [7, 11) is 1.99. The molecule has 0 aliphatic rings. The minimum atomic E-state index is 0.586. The van der Waals surface area contributed by atoms with E-state index in [2.05, 4.69) is 43.1 Å². The third-order valence-electron chi connectivity index (χ3n) is 2.58. The van der Waals surface area contributed by atoms with E-state index in [1.807, 2.05) is 24.1 Å². The second-order valence-corrected chi connectivity index (χ2v) is 4.20. The molecule has 15 heavy (non-hydrogen) atoms. The molecule has 0 aliphatic heterocycles. The summed E-state index contributed by atoms with van der Waals surface area (Å²) in [5.41, 5.74) is 3.59. The molecule has 0 N–H and O–H groups in total. The van der Waals surface area contributed by atoms with Gasteiger partial charge >= 0.3 is 0 Å². The Morgan fingerprint density at radius 1 is 1.13 bits per heavy atom. The van der Waals surface area contributed by atoms with Crippen LogP contribution in [0, 0.1) is 0 Å². The normalized spacial score (nSPS) is 10.9. The van der Waals surface area contributed by atoms with Gasteiger partial charge in [0.1, 0.15) is 0 Å². The van der Waals surface area contributed by atoms with Crippen molar-refractivity contribution in [1.29, 1.82) is 0 Å². The van der Waals surface area contributed by atoms with Gasteiger partial charge in [0.15, 0.2) is 0 Å². The molecule has 0 amide bonds. The third-order valence-corrected chi connectivity index (χ3v) is 2.58. The van der Waals surface area contributed by atoms with E-state index < -0.39 is 0 Å². The molecule has 0 aliphatic carbocycles. The van der Waals surface area contributed by atoms with Crippen LogP contribution in [0.4, 0.5) is 0 Å². The second-order valence-electron chi connectivity index (χ2n) is 4.20. The lowest BCUT2D eigenvalue weighted by molar-refractivity contribution is 0.867. The molecular formula is C13H16N2. The van der Waals surface area contributed by atoms with Crippen LogP contribution < -0.4 is 0 Å². The van der Waals surface area contributed by atoms with Crippen molar-refractivity contribution in [3.63, 3.8) is 0 Å². The number of aryl methyl sites for hydroxylation is 1. The molecule has 2 rings (SSSR count). The van der Waals surface area contributed by atoms with Crippen LogP contribution in [0.25, 0.3) is 11.3 Å². The SMILES string of the molecule is CC(C)c1ccc(-c2cn(C)cn2)cc1. The van der Waals surface area contributed by atoms with Gasteiger partial charge in [0.2, 0.25) is 0 Å². The van der Waals surface area contributed by atoms with Gasteiger partial charge in [0.05, 0.1) is 12.0 Å². The van der Waals surface area contributed by atoms with E-state index in [0.29, 0.717) is 5.92 Å². The third kappa shape index (κ3) is 2.09. The Kier molecular flexibility index (Phi) is 2.58.